The molecule has 0 saturated heterocycles. The van der Waals surface area contributed by atoms with Crippen LogP contribution in [0.5, 0.6) is 11.5 Å². The number of aliphatic hydroxyl groups is 1. The topological polar surface area (TPSA) is 117 Å². The SMILES string of the molecule is CCC(CC)n1cnc2c(NCc3cccc(OC)c3O)nc(NCCC(C)(C)O)nc21. The van der Waals surface area contributed by atoms with E-state index < -0.39 is 5.60 Å². The van der Waals surface area contributed by atoms with Crippen LogP contribution in [0.1, 0.15) is 58.6 Å². The van der Waals surface area contributed by atoms with E-state index in [9.17, 15) is 10.2 Å². The molecular weight excluding hydrogens is 408 g/mol. The average Bonchev–Trinajstić information content (AvgIpc) is 3.17. The number of para-hydroxylation sites is 1. The van der Waals surface area contributed by atoms with Gasteiger partial charge in [0.2, 0.25) is 5.95 Å². The molecule has 0 radical (unpaired) electrons. The Labute approximate surface area is 188 Å². The van der Waals surface area contributed by atoms with Crippen molar-refractivity contribution >= 4 is 22.9 Å². The van der Waals surface area contributed by atoms with Crippen molar-refractivity contribution in [2.45, 2.75) is 65.1 Å². The molecule has 3 rings (SSSR count). The zero-order chi connectivity index (χ0) is 23.3. The summed E-state index contributed by atoms with van der Waals surface area (Å²) < 4.78 is 7.29. The van der Waals surface area contributed by atoms with Crippen LogP contribution in [-0.4, -0.2) is 49.0 Å². The summed E-state index contributed by atoms with van der Waals surface area (Å²) in [5.74, 6) is 1.56. The maximum absolute atomic E-state index is 10.4. The molecule has 0 unspecified atom stereocenters. The van der Waals surface area contributed by atoms with E-state index in [0.717, 1.165) is 18.5 Å². The third-order valence-corrected chi connectivity index (χ3v) is 5.53. The fourth-order valence-electron chi connectivity index (χ4n) is 3.60. The number of anilines is 2. The first kappa shape index (κ1) is 23.6. The van der Waals surface area contributed by atoms with Crippen LogP contribution in [0.2, 0.25) is 0 Å². The fraction of sp³-hybridized carbons (Fsp3) is 0.522. The Bertz CT molecular complexity index is 1040. The molecular formula is C23H34N6O3. The third-order valence-electron chi connectivity index (χ3n) is 5.53. The molecule has 0 aliphatic carbocycles. The van der Waals surface area contributed by atoms with Crippen LogP contribution in [0.3, 0.4) is 0 Å². The van der Waals surface area contributed by atoms with Gasteiger partial charge in [0.15, 0.2) is 28.5 Å². The second-order valence-electron chi connectivity index (χ2n) is 8.50. The van der Waals surface area contributed by atoms with E-state index in [-0.39, 0.29) is 11.8 Å². The quantitative estimate of drug-likeness (QED) is 0.351. The molecule has 1 aromatic carbocycles. The number of benzene rings is 1. The van der Waals surface area contributed by atoms with Gasteiger partial charge in [-0.15, -0.1) is 0 Å². The molecule has 0 fully saturated rings. The Kier molecular flexibility index (Phi) is 7.40. The number of hydrogen-bond donors (Lipinski definition) is 4. The van der Waals surface area contributed by atoms with Crippen LogP contribution >= 0.6 is 0 Å². The lowest BCUT2D eigenvalue weighted by atomic mass is 10.1. The Morgan fingerprint density at radius 3 is 2.56 bits per heavy atom. The van der Waals surface area contributed by atoms with Crippen molar-refractivity contribution in [3.05, 3.63) is 30.1 Å². The zero-order valence-corrected chi connectivity index (χ0v) is 19.5. The summed E-state index contributed by atoms with van der Waals surface area (Å²) >= 11 is 0. The molecule has 4 N–H and O–H groups in total. The van der Waals surface area contributed by atoms with Crippen molar-refractivity contribution < 1.29 is 14.9 Å². The van der Waals surface area contributed by atoms with E-state index in [2.05, 4.69) is 39.0 Å². The number of aromatic hydroxyl groups is 1. The van der Waals surface area contributed by atoms with E-state index in [1.807, 2.05) is 18.5 Å². The van der Waals surface area contributed by atoms with Crippen molar-refractivity contribution in [1.29, 1.82) is 0 Å². The molecule has 174 valence electrons. The van der Waals surface area contributed by atoms with Gasteiger partial charge < -0.3 is 30.2 Å². The number of fused-ring (bicyclic) bond motifs is 1. The molecule has 0 atom stereocenters. The standard InChI is InChI=1S/C23H34N6O3/c1-6-16(7-2)29-14-26-18-20(25-13-15-9-8-10-17(32-5)19(15)30)27-22(28-21(18)29)24-12-11-23(3,4)31/h8-10,14,16,30-31H,6-7,11-13H2,1-5H3,(H2,24,25,27,28). The number of hydrogen-bond acceptors (Lipinski definition) is 8. The zero-order valence-electron chi connectivity index (χ0n) is 19.5. The number of nitrogens with one attached hydrogen (secondary N) is 2. The van der Waals surface area contributed by atoms with Gasteiger partial charge in [-0.25, -0.2) is 4.98 Å². The highest BCUT2D eigenvalue weighted by molar-refractivity contribution is 5.84. The molecule has 3 aromatic rings. The monoisotopic (exact) mass is 442 g/mol. The first-order valence-corrected chi connectivity index (χ1v) is 11.1. The molecule has 9 nitrogen and oxygen atoms in total. The molecule has 0 amide bonds. The van der Waals surface area contributed by atoms with Crippen molar-refractivity contribution in [1.82, 2.24) is 19.5 Å². The third kappa shape index (κ3) is 5.40. The van der Waals surface area contributed by atoms with Crippen LogP contribution in [-0.2, 0) is 6.54 Å². The number of aromatic nitrogens is 4. The molecule has 32 heavy (non-hydrogen) atoms. The maximum Gasteiger partial charge on any atom is 0.226 e. The summed E-state index contributed by atoms with van der Waals surface area (Å²) in [6.07, 6.45) is 4.30. The summed E-state index contributed by atoms with van der Waals surface area (Å²) in [5, 5.41) is 26.9. The highest BCUT2D eigenvalue weighted by atomic mass is 16.5. The first-order chi connectivity index (χ1) is 15.3. The molecule has 0 saturated carbocycles. The average molecular weight is 443 g/mol. The van der Waals surface area contributed by atoms with Crippen LogP contribution in [0, 0.1) is 0 Å². The maximum atomic E-state index is 10.4. The van der Waals surface area contributed by atoms with Crippen LogP contribution in [0.25, 0.3) is 11.2 Å². The highest BCUT2D eigenvalue weighted by Crippen LogP contribution is 2.31. The second kappa shape index (κ2) is 10.0. The van der Waals surface area contributed by atoms with Gasteiger partial charge in [0, 0.05) is 24.7 Å². The van der Waals surface area contributed by atoms with Gasteiger partial charge in [0.25, 0.3) is 0 Å². The largest absolute Gasteiger partial charge is 0.504 e. The Morgan fingerprint density at radius 1 is 1.16 bits per heavy atom. The molecule has 0 aliphatic heterocycles. The summed E-state index contributed by atoms with van der Waals surface area (Å²) in [4.78, 5) is 13.9. The highest BCUT2D eigenvalue weighted by Gasteiger charge is 2.18. The van der Waals surface area contributed by atoms with Crippen LogP contribution in [0.4, 0.5) is 11.8 Å². The molecule has 0 aliphatic rings. The molecule has 0 spiro atoms. The van der Waals surface area contributed by atoms with Gasteiger partial charge in [-0.05, 0) is 39.2 Å². The predicted molar refractivity (Wildman–Crippen MR) is 126 cm³/mol. The second-order valence-corrected chi connectivity index (χ2v) is 8.50. The fourth-order valence-corrected chi connectivity index (χ4v) is 3.60. The molecule has 0 bridgehead atoms. The van der Waals surface area contributed by atoms with Crippen LogP contribution in [0.15, 0.2) is 24.5 Å². The lowest BCUT2D eigenvalue weighted by molar-refractivity contribution is 0.0748. The van der Waals surface area contributed by atoms with Crippen LogP contribution < -0.4 is 15.4 Å². The molecule has 2 heterocycles. The van der Waals surface area contributed by atoms with Gasteiger partial charge in [-0.1, -0.05) is 26.0 Å². The number of ether oxygens (including phenoxy) is 1. The van der Waals surface area contributed by atoms with E-state index in [4.69, 9.17) is 9.72 Å². The molecule has 2 aromatic heterocycles. The van der Waals surface area contributed by atoms with E-state index in [1.165, 1.54) is 7.11 Å². The predicted octanol–water partition coefficient (Wildman–Crippen LogP) is 4.09. The Hall–Kier alpha value is -3.07. The van der Waals surface area contributed by atoms with E-state index >= 15 is 0 Å². The number of nitrogens with zero attached hydrogens (tertiary/aromatic N) is 4. The number of methoxy groups -OCH3 is 1. The van der Waals surface area contributed by atoms with Crippen molar-refractivity contribution in [2.75, 3.05) is 24.3 Å². The Balaban J connectivity index is 1.94. The van der Waals surface area contributed by atoms with E-state index in [0.29, 0.717) is 48.1 Å². The lowest BCUT2D eigenvalue weighted by Gasteiger charge is -2.18. The summed E-state index contributed by atoms with van der Waals surface area (Å²) in [6, 6.07) is 5.66. The van der Waals surface area contributed by atoms with Gasteiger partial charge in [-0.3, -0.25) is 0 Å². The lowest BCUT2D eigenvalue weighted by Crippen LogP contribution is -2.23. The number of phenols is 1. The minimum atomic E-state index is -0.778. The summed E-state index contributed by atoms with van der Waals surface area (Å²) in [7, 11) is 1.52. The van der Waals surface area contributed by atoms with Gasteiger partial charge in [0.1, 0.15) is 0 Å². The smallest absolute Gasteiger partial charge is 0.226 e. The first-order valence-electron chi connectivity index (χ1n) is 11.1. The van der Waals surface area contributed by atoms with Crippen molar-refractivity contribution in [2.24, 2.45) is 0 Å². The minimum absolute atomic E-state index is 0.0962. The van der Waals surface area contributed by atoms with Crippen molar-refractivity contribution in [3.63, 3.8) is 0 Å². The minimum Gasteiger partial charge on any atom is -0.504 e. The summed E-state index contributed by atoms with van der Waals surface area (Å²) in [6.45, 7) is 8.71. The summed E-state index contributed by atoms with van der Waals surface area (Å²) in [5.41, 5.74) is 1.33. The molecule has 9 heteroatoms. The van der Waals surface area contributed by atoms with Gasteiger partial charge in [0.05, 0.1) is 19.0 Å². The number of imidazole rings is 1. The van der Waals surface area contributed by atoms with Crippen molar-refractivity contribution in [3.8, 4) is 11.5 Å². The van der Waals surface area contributed by atoms with Gasteiger partial charge >= 0.3 is 0 Å². The Morgan fingerprint density at radius 2 is 1.91 bits per heavy atom. The normalized spacial score (nSPS) is 11.8. The number of rotatable bonds is 11. The van der Waals surface area contributed by atoms with E-state index in [1.54, 1.807) is 19.9 Å². The number of phenolic OH excluding ortho intramolecular Hbond substituents is 1. The van der Waals surface area contributed by atoms with Gasteiger partial charge in [-0.2, -0.15) is 9.97 Å².